The molecule has 1 saturated carbocycles. The molecule has 3 rings (SSSR count). The number of carbonyl (C=O) groups excluding carboxylic acids is 1. The molecule has 4 nitrogen and oxygen atoms in total. The van der Waals surface area contributed by atoms with E-state index in [2.05, 4.69) is 20.9 Å². The van der Waals surface area contributed by atoms with Gasteiger partial charge in [0.15, 0.2) is 0 Å². The molecule has 0 bridgehead atoms. The summed E-state index contributed by atoms with van der Waals surface area (Å²) in [5.41, 5.74) is 6.70. The lowest BCUT2D eigenvalue weighted by atomic mass is 9.78. The van der Waals surface area contributed by atoms with E-state index in [9.17, 15) is 4.79 Å². The predicted octanol–water partition coefficient (Wildman–Crippen LogP) is 2.47. The van der Waals surface area contributed by atoms with Crippen LogP contribution in [0.3, 0.4) is 0 Å². The molecule has 110 valence electrons. The van der Waals surface area contributed by atoms with Crippen LogP contribution in [0, 0.1) is 11.8 Å². The molecule has 3 atom stereocenters. The average molecular weight is 361 g/mol. The van der Waals surface area contributed by atoms with Crippen LogP contribution < -0.4 is 5.73 Å². The van der Waals surface area contributed by atoms with Crippen molar-refractivity contribution in [2.45, 2.75) is 25.3 Å². The molecule has 1 amide bonds. The minimum Gasteiger partial charge on any atom is -0.337 e. The van der Waals surface area contributed by atoms with E-state index in [1.54, 1.807) is 6.20 Å². The number of hydrogen-bond donors (Lipinski definition) is 1. The summed E-state index contributed by atoms with van der Waals surface area (Å²) in [4.78, 5) is 18.6. The number of amides is 1. The number of halogens is 2. The standard InChI is InChI=1S/C14H18BrN3O.ClH/c15-11-4-2-6-17-13(11)14(19)18-7-9-3-1-5-12(16)10(9)8-18;/h2,4,6,9-10,12H,1,3,5,7-8,16H2;1H. The van der Waals surface area contributed by atoms with Crippen LogP contribution in [-0.2, 0) is 0 Å². The summed E-state index contributed by atoms with van der Waals surface area (Å²) in [7, 11) is 0. The van der Waals surface area contributed by atoms with E-state index in [0.717, 1.165) is 24.0 Å². The lowest BCUT2D eigenvalue weighted by Gasteiger charge is -2.29. The van der Waals surface area contributed by atoms with Gasteiger partial charge in [-0.25, -0.2) is 4.98 Å². The van der Waals surface area contributed by atoms with Gasteiger partial charge in [-0.1, -0.05) is 6.42 Å². The molecule has 6 heteroatoms. The highest BCUT2D eigenvalue weighted by Crippen LogP contribution is 2.36. The van der Waals surface area contributed by atoms with Gasteiger partial charge < -0.3 is 10.6 Å². The maximum absolute atomic E-state index is 12.5. The van der Waals surface area contributed by atoms with E-state index >= 15 is 0 Å². The first kappa shape index (κ1) is 15.7. The molecule has 2 fully saturated rings. The second-order valence-electron chi connectivity index (χ2n) is 5.56. The molecule has 1 aliphatic heterocycles. The molecule has 3 unspecified atom stereocenters. The number of likely N-dealkylation sites (tertiary alicyclic amines) is 1. The van der Waals surface area contributed by atoms with Gasteiger partial charge in [-0.3, -0.25) is 4.79 Å². The summed E-state index contributed by atoms with van der Waals surface area (Å²) in [6.07, 6.45) is 5.15. The normalized spacial score (nSPS) is 28.7. The van der Waals surface area contributed by atoms with Crippen LogP contribution in [0.2, 0.25) is 0 Å². The number of nitrogens with two attached hydrogens (primary N) is 1. The molecule has 1 aromatic heterocycles. The number of hydrogen-bond acceptors (Lipinski definition) is 3. The van der Waals surface area contributed by atoms with Gasteiger partial charge in [0, 0.05) is 29.8 Å². The second-order valence-corrected chi connectivity index (χ2v) is 6.42. The quantitative estimate of drug-likeness (QED) is 0.837. The first-order valence-corrected chi connectivity index (χ1v) is 7.61. The molecule has 0 radical (unpaired) electrons. The molecule has 2 heterocycles. The second kappa shape index (κ2) is 6.41. The van der Waals surface area contributed by atoms with E-state index in [1.165, 1.54) is 12.8 Å². The molecule has 1 aromatic rings. The molecule has 2 aliphatic rings. The fourth-order valence-corrected chi connectivity index (χ4v) is 3.80. The summed E-state index contributed by atoms with van der Waals surface area (Å²) in [6.45, 7) is 1.62. The maximum Gasteiger partial charge on any atom is 0.273 e. The SMILES string of the molecule is Cl.NC1CCCC2CN(C(=O)c3ncccc3Br)CC12. The monoisotopic (exact) mass is 359 g/mol. The van der Waals surface area contributed by atoms with E-state index in [1.807, 2.05) is 17.0 Å². The van der Waals surface area contributed by atoms with Crippen molar-refractivity contribution in [2.75, 3.05) is 13.1 Å². The minimum atomic E-state index is 0. The van der Waals surface area contributed by atoms with Crippen LogP contribution in [-0.4, -0.2) is 34.9 Å². The van der Waals surface area contributed by atoms with Gasteiger partial charge in [-0.05, 0) is 52.7 Å². The Labute approximate surface area is 133 Å². The van der Waals surface area contributed by atoms with Crippen LogP contribution in [0.4, 0.5) is 0 Å². The van der Waals surface area contributed by atoms with E-state index in [4.69, 9.17) is 5.73 Å². The highest BCUT2D eigenvalue weighted by Gasteiger charge is 2.40. The van der Waals surface area contributed by atoms with Gasteiger partial charge in [-0.15, -0.1) is 12.4 Å². The Hall–Kier alpha value is -0.650. The number of aromatic nitrogens is 1. The van der Waals surface area contributed by atoms with Crippen LogP contribution >= 0.6 is 28.3 Å². The highest BCUT2D eigenvalue weighted by molar-refractivity contribution is 9.10. The summed E-state index contributed by atoms with van der Waals surface area (Å²) in [5.74, 6) is 1.07. The first-order chi connectivity index (χ1) is 9.16. The van der Waals surface area contributed by atoms with Crippen molar-refractivity contribution in [1.82, 2.24) is 9.88 Å². The van der Waals surface area contributed by atoms with Crippen LogP contribution in [0.25, 0.3) is 0 Å². The van der Waals surface area contributed by atoms with E-state index in [0.29, 0.717) is 17.5 Å². The molecule has 20 heavy (non-hydrogen) atoms. The van der Waals surface area contributed by atoms with Gasteiger partial charge in [0.2, 0.25) is 0 Å². The summed E-state index contributed by atoms with van der Waals surface area (Å²) in [6, 6.07) is 3.93. The Morgan fingerprint density at radius 3 is 2.90 bits per heavy atom. The Kier molecular flexibility index (Phi) is 5.04. The minimum absolute atomic E-state index is 0. The summed E-state index contributed by atoms with van der Waals surface area (Å²) < 4.78 is 0.763. The van der Waals surface area contributed by atoms with Crippen molar-refractivity contribution in [3.8, 4) is 0 Å². The zero-order chi connectivity index (χ0) is 13.4. The number of rotatable bonds is 1. The lowest BCUT2D eigenvalue weighted by molar-refractivity contribution is 0.0776. The van der Waals surface area contributed by atoms with Gasteiger partial charge in [0.1, 0.15) is 5.69 Å². The van der Waals surface area contributed by atoms with Crippen molar-refractivity contribution in [1.29, 1.82) is 0 Å². The fraction of sp³-hybridized carbons (Fsp3) is 0.571. The smallest absolute Gasteiger partial charge is 0.273 e. The molecule has 2 N–H and O–H groups in total. The van der Waals surface area contributed by atoms with Crippen LogP contribution in [0.1, 0.15) is 29.8 Å². The third-order valence-corrected chi connectivity index (χ3v) is 5.04. The summed E-state index contributed by atoms with van der Waals surface area (Å²) in [5, 5.41) is 0. The van der Waals surface area contributed by atoms with Gasteiger partial charge in [0.25, 0.3) is 5.91 Å². The zero-order valence-corrected chi connectivity index (χ0v) is 13.6. The zero-order valence-electron chi connectivity index (χ0n) is 11.2. The highest BCUT2D eigenvalue weighted by atomic mass is 79.9. The van der Waals surface area contributed by atoms with Crippen molar-refractivity contribution in [2.24, 2.45) is 17.6 Å². The first-order valence-electron chi connectivity index (χ1n) is 6.82. The predicted molar refractivity (Wildman–Crippen MR) is 83.9 cm³/mol. The fourth-order valence-electron chi connectivity index (χ4n) is 3.38. The molecule has 0 aromatic carbocycles. The Morgan fingerprint density at radius 2 is 2.20 bits per heavy atom. The largest absolute Gasteiger partial charge is 0.337 e. The number of nitrogens with zero attached hydrogens (tertiary/aromatic N) is 2. The molecule has 0 spiro atoms. The number of pyridine rings is 1. The van der Waals surface area contributed by atoms with Crippen molar-refractivity contribution in [3.63, 3.8) is 0 Å². The lowest BCUT2D eigenvalue weighted by Crippen LogP contribution is -2.38. The van der Waals surface area contributed by atoms with E-state index in [-0.39, 0.29) is 24.4 Å². The van der Waals surface area contributed by atoms with Crippen LogP contribution in [0.15, 0.2) is 22.8 Å². The molecular weight excluding hydrogens is 342 g/mol. The van der Waals surface area contributed by atoms with Crippen molar-refractivity contribution >= 4 is 34.2 Å². The Bertz CT molecular complexity index is 499. The van der Waals surface area contributed by atoms with Crippen LogP contribution in [0.5, 0.6) is 0 Å². The number of fused-ring (bicyclic) bond motifs is 1. The molecule has 1 saturated heterocycles. The average Bonchev–Trinajstić information content (AvgIpc) is 2.84. The number of carbonyl (C=O) groups is 1. The maximum atomic E-state index is 12.5. The third kappa shape index (κ3) is 2.85. The molecular formula is C14H19BrClN3O. The Morgan fingerprint density at radius 1 is 1.40 bits per heavy atom. The van der Waals surface area contributed by atoms with Gasteiger partial charge in [-0.2, -0.15) is 0 Å². The van der Waals surface area contributed by atoms with Gasteiger partial charge in [0.05, 0.1) is 0 Å². The molecule has 1 aliphatic carbocycles. The third-order valence-electron chi connectivity index (χ3n) is 4.40. The van der Waals surface area contributed by atoms with Crippen molar-refractivity contribution in [3.05, 3.63) is 28.5 Å². The van der Waals surface area contributed by atoms with E-state index < -0.39 is 0 Å². The van der Waals surface area contributed by atoms with Gasteiger partial charge >= 0.3 is 0 Å². The topological polar surface area (TPSA) is 59.2 Å². The summed E-state index contributed by atoms with van der Waals surface area (Å²) >= 11 is 3.40. The van der Waals surface area contributed by atoms with Crippen molar-refractivity contribution < 1.29 is 4.79 Å². The Balaban J connectivity index is 0.00000147.